The van der Waals surface area contributed by atoms with E-state index in [2.05, 4.69) is 65.3 Å². The molecule has 8 aliphatic heterocycles. The molecule has 8 rings (SSSR count). The molecule has 0 aliphatic carbocycles. The first-order valence-electron chi connectivity index (χ1n) is 21.4. The van der Waals surface area contributed by atoms with Crippen molar-refractivity contribution in [3.05, 3.63) is 43.6 Å². The van der Waals surface area contributed by atoms with Crippen molar-refractivity contribution in [3.8, 4) is 0 Å². The molecule has 0 bridgehead atoms. The zero-order chi connectivity index (χ0) is 39.5. The van der Waals surface area contributed by atoms with Crippen LogP contribution in [0.25, 0.3) is 0 Å². The zero-order valence-electron chi connectivity index (χ0n) is 34.0. The third-order valence-corrected chi connectivity index (χ3v) is 21.2. The molecule has 326 valence electrons. The number of hydrogen-bond donors (Lipinski definition) is 0. The number of rotatable bonds is 23. The fraction of sp³-hybridized carbons (Fsp3) is 0.810. The molecule has 10 nitrogen and oxygen atoms in total. The van der Waals surface area contributed by atoms with Crippen molar-refractivity contribution < 1.29 is 47.4 Å². The van der Waals surface area contributed by atoms with Gasteiger partial charge in [0.25, 0.3) is 0 Å². The van der Waals surface area contributed by atoms with E-state index in [9.17, 15) is 0 Å². The molecule has 8 heterocycles. The van der Waals surface area contributed by atoms with Crippen molar-refractivity contribution in [1.82, 2.24) is 0 Å². The van der Waals surface area contributed by atoms with Gasteiger partial charge in [0.2, 0.25) is 0 Å². The third kappa shape index (κ3) is 11.6. The summed E-state index contributed by atoms with van der Waals surface area (Å²) in [6, 6.07) is 0. The van der Waals surface area contributed by atoms with Crippen LogP contribution in [0.3, 0.4) is 0 Å². The van der Waals surface area contributed by atoms with E-state index in [1.54, 1.807) is 0 Å². The Balaban J connectivity index is 0.848. The molecule has 4 saturated heterocycles. The molecule has 0 aromatic carbocycles. The Morgan fingerprint density at radius 1 is 0.672 bits per heavy atom. The molecule has 0 aromatic heterocycles. The minimum atomic E-state index is 0.104. The third-order valence-electron chi connectivity index (χ3n) is 11.5. The van der Waals surface area contributed by atoms with Crippen LogP contribution in [0.4, 0.5) is 0 Å². The van der Waals surface area contributed by atoms with Crippen LogP contribution in [0.1, 0.15) is 33.1 Å². The highest BCUT2D eigenvalue weighted by Crippen LogP contribution is 2.58. The summed E-state index contributed by atoms with van der Waals surface area (Å²) in [6.45, 7) is 14.5. The molecule has 8 aliphatic rings. The predicted octanol–water partition coefficient (Wildman–Crippen LogP) is 7.28. The standard InChI is InChI=1S/C42H62O10S6/c1-3-43-9-11-45-13-15-47-23-27-21-35(57-39(27)41-37-29(25-53-41)49-17-19-51-37)33-7-5-31(55-33)32-6-8-34(56-32)36-22-28(24-48-16-14-46-12-10-44-4-2)40(58-36)42-38-30(26-54-42)50-18-20-52-38/h5-6,21,27-30,33-34,36-37,39-41H,3-4,7-20,22-26H2,1-2H3. The minimum Gasteiger partial charge on any atom is -0.492 e. The van der Waals surface area contributed by atoms with Gasteiger partial charge in [-0.15, -0.1) is 58.8 Å². The maximum absolute atomic E-state index is 6.36. The highest BCUT2D eigenvalue weighted by atomic mass is 32.2. The van der Waals surface area contributed by atoms with Gasteiger partial charge in [-0.05, 0) is 43.9 Å². The lowest BCUT2D eigenvalue weighted by molar-refractivity contribution is -0.125. The SMILES string of the molecule is CCOCCOCCOCC1C=C(C2CC=C(C3=CCC(C4CC(COCCOCCOCC)C(C5=C6OCCOC6CS5)S4)S3)S2)SC1C1SCC2OCCOC21. The second-order valence-corrected chi connectivity index (χ2v) is 22.8. The maximum atomic E-state index is 6.36. The molecule has 11 atom stereocenters. The molecule has 0 saturated carbocycles. The van der Waals surface area contributed by atoms with Gasteiger partial charge in [0.05, 0.1) is 98.1 Å². The molecule has 0 amide bonds. The molecule has 0 radical (unpaired) electrons. The van der Waals surface area contributed by atoms with Crippen LogP contribution in [0, 0.1) is 11.8 Å². The Labute approximate surface area is 371 Å². The van der Waals surface area contributed by atoms with Gasteiger partial charge in [0.1, 0.15) is 18.5 Å². The Bertz CT molecular complexity index is 1450. The summed E-state index contributed by atoms with van der Waals surface area (Å²) in [6.07, 6.45) is 11.4. The number of thioether (sulfide) groups is 6. The van der Waals surface area contributed by atoms with E-state index < -0.39 is 0 Å². The van der Waals surface area contributed by atoms with Gasteiger partial charge in [-0.1, -0.05) is 18.2 Å². The van der Waals surface area contributed by atoms with E-state index >= 15 is 0 Å². The second kappa shape index (κ2) is 23.4. The van der Waals surface area contributed by atoms with Gasteiger partial charge in [0, 0.05) is 76.9 Å². The topological polar surface area (TPSA) is 92.3 Å². The Hall–Kier alpha value is 0.500. The van der Waals surface area contributed by atoms with E-state index in [0.717, 1.165) is 56.3 Å². The van der Waals surface area contributed by atoms with E-state index in [4.69, 9.17) is 47.4 Å². The van der Waals surface area contributed by atoms with E-state index in [-0.39, 0.29) is 18.3 Å². The lowest BCUT2D eigenvalue weighted by atomic mass is 9.97. The molecule has 58 heavy (non-hydrogen) atoms. The quantitative estimate of drug-likeness (QED) is 0.0961. The van der Waals surface area contributed by atoms with Gasteiger partial charge in [-0.2, -0.15) is 11.8 Å². The Morgan fingerprint density at radius 3 is 2.19 bits per heavy atom. The average molecular weight is 919 g/mol. The molecule has 11 unspecified atom stereocenters. The molecule has 0 aromatic rings. The normalized spacial score (nSPS) is 36.0. The van der Waals surface area contributed by atoms with Crippen molar-refractivity contribution >= 4 is 70.6 Å². The summed E-state index contributed by atoms with van der Waals surface area (Å²) in [7, 11) is 0. The fourth-order valence-electron chi connectivity index (χ4n) is 8.70. The average Bonchev–Trinajstić information content (AvgIpc) is 4.11. The van der Waals surface area contributed by atoms with Crippen molar-refractivity contribution in [2.45, 2.75) is 82.9 Å². The van der Waals surface area contributed by atoms with Crippen LogP contribution in [0.5, 0.6) is 0 Å². The van der Waals surface area contributed by atoms with Crippen molar-refractivity contribution in [1.29, 1.82) is 0 Å². The maximum Gasteiger partial charge on any atom is 0.136 e. The number of allylic oxidation sites excluding steroid dienone is 2. The molecular formula is C42H62O10S6. The van der Waals surface area contributed by atoms with Gasteiger partial charge in [-0.25, -0.2) is 0 Å². The number of fused-ring (bicyclic) bond motifs is 2. The summed E-state index contributed by atoms with van der Waals surface area (Å²) in [5.74, 6) is 3.85. The van der Waals surface area contributed by atoms with Crippen LogP contribution in [0.2, 0.25) is 0 Å². The van der Waals surface area contributed by atoms with Gasteiger partial charge in [0.15, 0.2) is 0 Å². The minimum absolute atomic E-state index is 0.104. The van der Waals surface area contributed by atoms with E-state index in [1.165, 1.54) is 19.6 Å². The largest absolute Gasteiger partial charge is 0.492 e. The predicted molar refractivity (Wildman–Crippen MR) is 242 cm³/mol. The smallest absolute Gasteiger partial charge is 0.136 e. The number of hydrogen-bond acceptors (Lipinski definition) is 16. The summed E-state index contributed by atoms with van der Waals surface area (Å²) in [4.78, 5) is 5.85. The van der Waals surface area contributed by atoms with Crippen LogP contribution >= 0.6 is 70.6 Å². The number of ether oxygens (including phenoxy) is 10. The fourth-order valence-corrected chi connectivity index (χ4v) is 18.6. The first kappa shape index (κ1) is 45.1. The van der Waals surface area contributed by atoms with Crippen molar-refractivity contribution in [2.24, 2.45) is 11.8 Å². The lowest BCUT2D eigenvalue weighted by Crippen LogP contribution is -2.45. The first-order valence-corrected chi connectivity index (χ1v) is 27.0. The summed E-state index contributed by atoms with van der Waals surface area (Å²) in [5.41, 5.74) is 0. The van der Waals surface area contributed by atoms with Crippen LogP contribution in [-0.4, -0.2) is 167 Å². The molecule has 4 fully saturated rings. The van der Waals surface area contributed by atoms with E-state index in [1.807, 2.05) is 37.4 Å². The molecule has 0 N–H and O–H groups in total. The van der Waals surface area contributed by atoms with Crippen molar-refractivity contribution in [3.63, 3.8) is 0 Å². The second-order valence-electron chi connectivity index (χ2n) is 15.3. The summed E-state index contributed by atoms with van der Waals surface area (Å²) in [5, 5.41) is 2.77. The molecule has 16 heteroatoms. The van der Waals surface area contributed by atoms with Crippen molar-refractivity contribution in [2.75, 3.05) is 117 Å². The molecule has 0 spiro atoms. The Morgan fingerprint density at radius 2 is 1.38 bits per heavy atom. The highest BCUT2D eigenvalue weighted by Gasteiger charge is 2.50. The summed E-state index contributed by atoms with van der Waals surface area (Å²) < 4.78 is 59.7. The van der Waals surface area contributed by atoms with Crippen LogP contribution < -0.4 is 0 Å². The molecular weight excluding hydrogens is 857 g/mol. The van der Waals surface area contributed by atoms with Gasteiger partial charge >= 0.3 is 0 Å². The van der Waals surface area contributed by atoms with Gasteiger partial charge in [-0.3, -0.25) is 0 Å². The summed E-state index contributed by atoms with van der Waals surface area (Å²) >= 11 is 12.4. The van der Waals surface area contributed by atoms with Gasteiger partial charge < -0.3 is 47.4 Å². The Kier molecular flexibility index (Phi) is 18.2. The highest BCUT2D eigenvalue weighted by molar-refractivity contribution is 8.12. The van der Waals surface area contributed by atoms with Crippen LogP contribution in [-0.2, 0) is 47.4 Å². The van der Waals surface area contributed by atoms with E-state index in [0.29, 0.717) is 129 Å². The lowest BCUT2D eigenvalue weighted by Gasteiger charge is -2.33. The first-order chi connectivity index (χ1) is 28.7. The monoisotopic (exact) mass is 918 g/mol. The van der Waals surface area contributed by atoms with Crippen LogP contribution in [0.15, 0.2) is 43.6 Å². The zero-order valence-corrected chi connectivity index (χ0v) is 38.9.